The summed E-state index contributed by atoms with van der Waals surface area (Å²) in [5.41, 5.74) is 0.978. The molecule has 0 saturated carbocycles. The lowest BCUT2D eigenvalue weighted by atomic mass is 10.1. The minimum Gasteiger partial charge on any atom is -0.370 e. The quantitative estimate of drug-likeness (QED) is 0.876. The molecule has 0 aliphatic carbocycles. The highest BCUT2D eigenvalue weighted by Gasteiger charge is 2.24. The maximum absolute atomic E-state index is 11.4. The molecular formula is C13H22N4O2S. The van der Waals surface area contributed by atoms with Gasteiger partial charge in [0.25, 0.3) is 0 Å². The summed E-state index contributed by atoms with van der Waals surface area (Å²) in [5.74, 6) is 2.86. The van der Waals surface area contributed by atoms with Gasteiger partial charge in [-0.15, -0.1) is 0 Å². The van der Waals surface area contributed by atoms with Gasteiger partial charge in [0.1, 0.15) is 27.3 Å². The molecule has 1 fully saturated rings. The van der Waals surface area contributed by atoms with Gasteiger partial charge in [0.15, 0.2) is 0 Å². The molecule has 7 heteroatoms. The highest BCUT2D eigenvalue weighted by molar-refractivity contribution is 7.91. The first kappa shape index (κ1) is 15.0. The predicted octanol–water partition coefficient (Wildman–Crippen LogP) is 1.51. The van der Waals surface area contributed by atoms with Gasteiger partial charge in [-0.25, -0.2) is 18.4 Å². The highest BCUT2D eigenvalue weighted by Crippen LogP contribution is 2.23. The fraction of sp³-hybridized carbons (Fsp3) is 0.692. The molecular weight excluding hydrogens is 276 g/mol. The number of hydrogen-bond donors (Lipinski definition) is 2. The molecule has 1 saturated heterocycles. The Balaban J connectivity index is 2.13. The van der Waals surface area contributed by atoms with Crippen molar-refractivity contribution < 1.29 is 8.42 Å². The first-order valence-corrected chi connectivity index (χ1v) is 8.79. The van der Waals surface area contributed by atoms with Crippen LogP contribution in [0.5, 0.6) is 0 Å². The van der Waals surface area contributed by atoms with Crippen molar-refractivity contribution in [1.82, 2.24) is 9.97 Å². The topological polar surface area (TPSA) is 84.0 Å². The standard InChI is InChI=1S/C13H22N4O2S/c1-4-14-12-9(2)13(16-10(3)15-12)17-11-5-7-20(18,19)8-6-11/h11H,4-8H2,1-3H3,(H2,14,15,16,17). The molecule has 20 heavy (non-hydrogen) atoms. The van der Waals surface area contributed by atoms with Crippen molar-refractivity contribution >= 4 is 21.5 Å². The second-order valence-corrected chi connectivity index (χ2v) is 7.50. The zero-order valence-electron chi connectivity index (χ0n) is 12.2. The van der Waals surface area contributed by atoms with Gasteiger partial charge >= 0.3 is 0 Å². The summed E-state index contributed by atoms with van der Waals surface area (Å²) < 4.78 is 22.9. The van der Waals surface area contributed by atoms with Crippen LogP contribution in [0.4, 0.5) is 11.6 Å². The Kier molecular flexibility index (Phi) is 4.47. The predicted molar refractivity (Wildman–Crippen MR) is 81.0 cm³/mol. The number of hydrogen-bond acceptors (Lipinski definition) is 6. The Morgan fingerprint density at radius 3 is 2.35 bits per heavy atom. The number of nitrogens with one attached hydrogen (secondary N) is 2. The average Bonchev–Trinajstić information content (AvgIpc) is 2.38. The SMILES string of the molecule is CCNc1nc(C)nc(NC2CCS(=O)(=O)CC2)c1C. The molecule has 0 radical (unpaired) electrons. The van der Waals surface area contributed by atoms with Crippen LogP contribution in [0.25, 0.3) is 0 Å². The minimum absolute atomic E-state index is 0.168. The first-order chi connectivity index (χ1) is 9.41. The lowest BCUT2D eigenvalue weighted by Gasteiger charge is -2.24. The van der Waals surface area contributed by atoms with Crippen LogP contribution >= 0.6 is 0 Å². The lowest BCUT2D eigenvalue weighted by molar-refractivity contribution is 0.559. The molecule has 1 aromatic heterocycles. The minimum atomic E-state index is -2.83. The molecule has 2 heterocycles. The van der Waals surface area contributed by atoms with Crippen molar-refractivity contribution in [2.45, 2.75) is 39.7 Å². The van der Waals surface area contributed by atoms with Crippen LogP contribution in [0.1, 0.15) is 31.2 Å². The molecule has 2 N–H and O–H groups in total. The second kappa shape index (κ2) is 5.95. The molecule has 112 valence electrons. The third-order valence-corrected chi connectivity index (χ3v) is 5.21. The summed E-state index contributed by atoms with van der Waals surface area (Å²) in [6.07, 6.45) is 1.28. The fourth-order valence-electron chi connectivity index (χ4n) is 2.34. The van der Waals surface area contributed by atoms with Crippen LogP contribution in [-0.4, -0.2) is 42.5 Å². The number of rotatable bonds is 4. The van der Waals surface area contributed by atoms with E-state index in [2.05, 4.69) is 20.6 Å². The Bertz CT molecular complexity index is 572. The van der Waals surface area contributed by atoms with E-state index in [0.717, 1.165) is 23.7 Å². The van der Waals surface area contributed by atoms with Crippen LogP contribution in [-0.2, 0) is 9.84 Å². The van der Waals surface area contributed by atoms with E-state index in [1.165, 1.54) is 0 Å². The number of aryl methyl sites for hydroxylation is 1. The number of sulfone groups is 1. The first-order valence-electron chi connectivity index (χ1n) is 6.97. The van der Waals surface area contributed by atoms with Gasteiger partial charge < -0.3 is 10.6 Å². The largest absolute Gasteiger partial charge is 0.370 e. The Morgan fingerprint density at radius 2 is 1.75 bits per heavy atom. The van der Waals surface area contributed by atoms with Gasteiger partial charge in [0, 0.05) is 18.2 Å². The van der Waals surface area contributed by atoms with E-state index in [1.807, 2.05) is 20.8 Å². The third-order valence-electron chi connectivity index (χ3n) is 3.50. The number of anilines is 2. The molecule has 0 spiro atoms. The normalized spacial score (nSPS) is 18.8. The number of nitrogens with zero attached hydrogens (tertiary/aromatic N) is 2. The molecule has 1 aromatic rings. The Labute approximate surface area is 120 Å². The summed E-state index contributed by atoms with van der Waals surface area (Å²) in [6, 6.07) is 0.168. The molecule has 1 aliphatic heterocycles. The second-order valence-electron chi connectivity index (χ2n) is 5.19. The smallest absolute Gasteiger partial charge is 0.150 e. The van der Waals surface area contributed by atoms with E-state index in [4.69, 9.17) is 0 Å². The molecule has 2 rings (SSSR count). The highest BCUT2D eigenvalue weighted by atomic mass is 32.2. The number of aromatic nitrogens is 2. The average molecular weight is 298 g/mol. The molecule has 0 atom stereocenters. The maximum atomic E-state index is 11.4. The molecule has 0 aromatic carbocycles. The van der Waals surface area contributed by atoms with Crippen LogP contribution in [0.15, 0.2) is 0 Å². The van der Waals surface area contributed by atoms with Crippen LogP contribution in [0.2, 0.25) is 0 Å². The lowest BCUT2D eigenvalue weighted by Crippen LogP contribution is -2.32. The summed E-state index contributed by atoms with van der Waals surface area (Å²) in [6.45, 7) is 6.66. The Morgan fingerprint density at radius 1 is 1.15 bits per heavy atom. The van der Waals surface area contributed by atoms with E-state index in [-0.39, 0.29) is 17.5 Å². The monoisotopic (exact) mass is 298 g/mol. The van der Waals surface area contributed by atoms with Gasteiger partial charge in [-0.1, -0.05) is 0 Å². The molecule has 0 amide bonds. The summed E-state index contributed by atoms with van der Waals surface area (Å²) in [5, 5.41) is 6.59. The van der Waals surface area contributed by atoms with Gasteiger partial charge in [-0.3, -0.25) is 0 Å². The summed E-state index contributed by atoms with van der Waals surface area (Å²) >= 11 is 0. The molecule has 0 bridgehead atoms. The van der Waals surface area contributed by atoms with Gasteiger partial charge in [0.2, 0.25) is 0 Å². The van der Waals surface area contributed by atoms with E-state index < -0.39 is 9.84 Å². The third kappa shape index (κ3) is 3.59. The van der Waals surface area contributed by atoms with Gasteiger partial charge in [-0.2, -0.15) is 0 Å². The van der Waals surface area contributed by atoms with Crippen LogP contribution < -0.4 is 10.6 Å². The van der Waals surface area contributed by atoms with E-state index in [0.29, 0.717) is 18.7 Å². The van der Waals surface area contributed by atoms with Gasteiger partial charge in [0.05, 0.1) is 11.5 Å². The van der Waals surface area contributed by atoms with Crippen molar-refractivity contribution in [2.75, 3.05) is 28.7 Å². The molecule has 6 nitrogen and oxygen atoms in total. The van der Waals surface area contributed by atoms with Crippen LogP contribution in [0, 0.1) is 13.8 Å². The van der Waals surface area contributed by atoms with E-state index >= 15 is 0 Å². The van der Waals surface area contributed by atoms with Crippen molar-refractivity contribution in [3.05, 3.63) is 11.4 Å². The van der Waals surface area contributed by atoms with Crippen molar-refractivity contribution in [2.24, 2.45) is 0 Å². The molecule has 0 unspecified atom stereocenters. The molecule has 1 aliphatic rings. The van der Waals surface area contributed by atoms with Crippen LogP contribution in [0.3, 0.4) is 0 Å². The van der Waals surface area contributed by atoms with Crippen molar-refractivity contribution in [3.8, 4) is 0 Å². The van der Waals surface area contributed by atoms with Gasteiger partial charge in [-0.05, 0) is 33.6 Å². The zero-order valence-corrected chi connectivity index (χ0v) is 13.0. The summed E-state index contributed by atoms with van der Waals surface area (Å²) in [4.78, 5) is 8.82. The van der Waals surface area contributed by atoms with E-state index in [9.17, 15) is 8.42 Å². The maximum Gasteiger partial charge on any atom is 0.150 e. The van der Waals surface area contributed by atoms with Crippen molar-refractivity contribution in [1.29, 1.82) is 0 Å². The van der Waals surface area contributed by atoms with E-state index in [1.54, 1.807) is 0 Å². The zero-order chi connectivity index (χ0) is 14.8. The Hall–Kier alpha value is -1.37. The van der Waals surface area contributed by atoms with Crippen molar-refractivity contribution in [3.63, 3.8) is 0 Å². The summed E-state index contributed by atoms with van der Waals surface area (Å²) in [7, 11) is -2.83. The fourth-order valence-corrected chi connectivity index (χ4v) is 3.83.